The zero-order chi connectivity index (χ0) is 35.2. The van der Waals surface area contributed by atoms with E-state index in [4.69, 9.17) is 11.1 Å². The van der Waals surface area contributed by atoms with Gasteiger partial charge in [0.15, 0.2) is 0 Å². The minimum Gasteiger partial charge on any atom is -0.384 e. The van der Waals surface area contributed by atoms with Gasteiger partial charge in [0.1, 0.15) is 29.3 Å². The van der Waals surface area contributed by atoms with Crippen LogP contribution in [0.1, 0.15) is 76.2 Å². The van der Waals surface area contributed by atoms with Gasteiger partial charge in [-0.2, -0.15) is 0 Å². The van der Waals surface area contributed by atoms with Gasteiger partial charge >= 0.3 is 0 Å². The first-order valence-corrected chi connectivity index (χ1v) is 17.7. The Kier molecular flexibility index (Phi) is 13.4. The van der Waals surface area contributed by atoms with E-state index in [1.54, 1.807) is 60.7 Å². The number of amides is 4. The number of pyridine rings is 1. The number of sulfonamides is 1. The van der Waals surface area contributed by atoms with E-state index in [0.29, 0.717) is 36.8 Å². The van der Waals surface area contributed by atoms with Crippen LogP contribution in [0.3, 0.4) is 0 Å². The summed E-state index contributed by atoms with van der Waals surface area (Å²) in [5.74, 6) is -2.44. The summed E-state index contributed by atoms with van der Waals surface area (Å²) in [5.41, 5.74) is 7.55. The fourth-order valence-electron chi connectivity index (χ4n) is 5.17. The van der Waals surface area contributed by atoms with Crippen LogP contribution < -0.4 is 31.7 Å². The molecule has 49 heavy (non-hydrogen) atoms. The van der Waals surface area contributed by atoms with Gasteiger partial charge in [-0.1, -0.05) is 60.7 Å². The number of amidine groups is 1. The van der Waals surface area contributed by atoms with Gasteiger partial charge in [0.25, 0.3) is 11.8 Å². The number of rotatable bonds is 8. The fourth-order valence-corrected chi connectivity index (χ4v) is 6.54. The number of hydrogen-bond acceptors (Lipinski definition) is 8. The van der Waals surface area contributed by atoms with Crippen LogP contribution in [0.4, 0.5) is 0 Å². The van der Waals surface area contributed by atoms with Crippen molar-refractivity contribution in [3.05, 3.63) is 101 Å². The van der Waals surface area contributed by atoms with Crippen molar-refractivity contribution in [3.8, 4) is 0 Å². The third-order valence-electron chi connectivity index (χ3n) is 7.83. The van der Waals surface area contributed by atoms with Crippen LogP contribution in [-0.4, -0.2) is 68.0 Å². The lowest BCUT2D eigenvalue weighted by molar-refractivity contribution is -0.130. The first-order valence-electron chi connectivity index (χ1n) is 16.1. The number of benzene rings is 2. The van der Waals surface area contributed by atoms with E-state index in [0.717, 1.165) is 5.56 Å². The maximum Gasteiger partial charge on any atom is 0.269 e. The molecule has 4 rings (SSSR count). The molecule has 4 amide bonds. The number of hydrogen-bond donors (Lipinski definition) is 7. The van der Waals surface area contributed by atoms with E-state index in [9.17, 15) is 27.6 Å². The Balaban J connectivity index is 1.51. The second kappa shape index (κ2) is 17.8. The summed E-state index contributed by atoms with van der Waals surface area (Å²) in [6, 6.07) is 17.8. The average molecular weight is 691 g/mol. The van der Waals surface area contributed by atoms with Gasteiger partial charge in [0.2, 0.25) is 21.8 Å². The zero-order valence-corrected chi connectivity index (χ0v) is 27.9. The predicted molar refractivity (Wildman–Crippen MR) is 184 cm³/mol. The lowest BCUT2D eigenvalue weighted by atomic mass is 10.1. The molecule has 2 aromatic carbocycles. The van der Waals surface area contributed by atoms with E-state index in [2.05, 4.69) is 31.0 Å². The second-order valence-corrected chi connectivity index (χ2v) is 13.5. The molecule has 0 aliphatic carbocycles. The largest absolute Gasteiger partial charge is 0.384 e. The molecule has 0 saturated carbocycles. The Labute approximate surface area is 285 Å². The van der Waals surface area contributed by atoms with Crippen LogP contribution in [0.5, 0.6) is 0 Å². The molecule has 0 fully saturated rings. The maximum atomic E-state index is 13.7. The van der Waals surface area contributed by atoms with Crippen molar-refractivity contribution < 1.29 is 27.6 Å². The number of nitrogens with zero attached hydrogens (tertiary/aromatic N) is 1. The number of fused-ring (bicyclic) bond motifs is 2. The molecule has 1 aliphatic rings. The summed E-state index contributed by atoms with van der Waals surface area (Å²) in [6.45, 7) is 0.620. The highest BCUT2D eigenvalue weighted by molar-refractivity contribution is 7.88. The molecule has 2 bridgehead atoms. The molecule has 1 aliphatic heterocycles. The van der Waals surface area contributed by atoms with Gasteiger partial charge in [-0.15, -0.1) is 0 Å². The lowest BCUT2D eigenvalue weighted by Crippen LogP contribution is -2.53. The average Bonchev–Trinajstić information content (AvgIpc) is 3.09. The van der Waals surface area contributed by atoms with Crippen molar-refractivity contribution in [2.75, 3.05) is 13.1 Å². The standard InChI is InChI=1S/C34H42N8O6S/c35-30(36)25-17-15-23(16-18-25)21-39-33(45)28-11-4-6-19-37-31(43)26-13-8-14-27(40-26)32(44)38-20-7-5-12-29(34(46)41-28)42-49(47,48)22-24-9-2-1-3-10-24/h1-3,8-10,13-18,28-29,42H,4-7,11-12,19-22H2,(H3,35,36)(H,37,43)(H,38,44)(H,39,45)(H,41,46). The molecule has 8 N–H and O–H groups in total. The van der Waals surface area contributed by atoms with Crippen molar-refractivity contribution in [2.45, 2.75) is 62.9 Å². The molecular formula is C34H42N8O6S. The highest BCUT2D eigenvalue weighted by atomic mass is 32.2. The van der Waals surface area contributed by atoms with E-state index >= 15 is 0 Å². The van der Waals surface area contributed by atoms with Crippen molar-refractivity contribution in [1.82, 2.24) is 31.0 Å². The van der Waals surface area contributed by atoms with E-state index in [-0.39, 0.29) is 55.5 Å². The summed E-state index contributed by atoms with van der Waals surface area (Å²) < 4.78 is 28.9. The van der Waals surface area contributed by atoms with Crippen molar-refractivity contribution in [3.63, 3.8) is 0 Å². The highest BCUT2D eigenvalue weighted by Gasteiger charge is 2.29. The minimum atomic E-state index is -3.96. The monoisotopic (exact) mass is 690 g/mol. The number of nitrogen functional groups attached to an aromatic ring is 1. The number of nitrogens with one attached hydrogen (secondary N) is 6. The smallest absolute Gasteiger partial charge is 0.269 e. The van der Waals surface area contributed by atoms with Crippen LogP contribution in [0, 0.1) is 5.41 Å². The van der Waals surface area contributed by atoms with Crippen LogP contribution in [0.25, 0.3) is 0 Å². The Bertz CT molecular complexity index is 1730. The summed E-state index contributed by atoms with van der Waals surface area (Å²) in [5, 5.41) is 18.7. The molecule has 2 atom stereocenters. The van der Waals surface area contributed by atoms with Gasteiger partial charge in [-0.05, 0) is 61.8 Å². The van der Waals surface area contributed by atoms with Gasteiger partial charge in [-0.3, -0.25) is 24.6 Å². The lowest BCUT2D eigenvalue weighted by Gasteiger charge is -2.23. The van der Waals surface area contributed by atoms with Crippen molar-refractivity contribution in [2.24, 2.45) is 5.73 Å². The van der Waals surface area contributed by atoms with Crippen molar-refractivity contribution in [1.29, 1.82) is 5.41 Å². The number of aromatic nitrogens is 1. The summed E-state index contributed by atoms with van der Waals surface area (Å²) in [6.07, 6.45) is 2.01. The first kappa shape index (κ1) is 36.7. The number of carbonyl (C=O) groups is 4. The Morgan fingerprint density at radius 1 is 0.816 bits per heavy atom. The van der Waals surface area contributed by atoms with Crippen LogP contribution >= 0.6 is 0 Å². The zero-order valence-electron chi connectivity index (χ0n) is 27.0. The quantitative estimate of drug-likeness (QED) is 0.135. The molecule has 15 heteroatoms. The molecule has 0 radical (unpaired) electrons. The predicted octanol–water partition coefficient (Wildman–Crippen LogP) is 1.47. The third kappa shape index (κ3) is 11.8. The van der Waals surface area contributed by atoms with E-state index in [1.807, 2.05) is 0 Å². The van der Waals surface area contributed by atoms with Crippen LogP contribution in [-0.2, 0) is 31.9 Å². The van der Waals surface area contributed by atoms with Gasteiger partial charge in [0, 0.05) is 25.2 Å². The van der Waals surface area contributed by atoms with Crippen molar-refractivity contribution >= 4 is 39.5 Å². The minimum absolute atomic E-state index is 0.0780. The highest BCUT2D eigenvalue weighted by Crippen LogP contribution is 2.11. The normalized spacial score (nSPS) is 18.4. The van der Waals surface area contributed by atoms with E-state index in [1.165, 1.54) is 12.1 Å². The Morgan fingerprint density at radius 3 is 2.04 bits per heavy atom. The number of carbonyl (C=O) groups excluding carboxylic acids is 4. The molecule has 2 heterocycles. The van der Waals surface area contributed by atoms with Crippen LogP contribution in [0.2, 0.25) is 0 Å². The maximum absolute atomic E-state index is 13.7. The van der Waals surface area contributed by atoms with Gasteiger partial charge < -0.3 is 27.0 Å². The third-order valence-corrected chi connectivity index (χ3v) is 9.18. The summed E-state index contributed by atoms with van der Waals surface area (Å²) in [4.78, 5) is 56.7. The molecule has 3 aromatic rings. The molecule has 260 valence electrons. The topological polar surface area (TPSA) is 225 Å². The summed E-state index contributed by atoms with van der Waals surface area (Å²) in [7, 11) is -3.96. The van der Waals surface area contributed by atoms with Crippen LogP contribution in [0.15, 0.2) is 72.8 Å². The molecule has 0 spiro atoms. The molecule has 0 saturated heterocycles. The SMILES string of the molecule is N=C(N)c1ccc(CNC(=O)C2CCCCNC(=O)c3cccc(n3)C(=O)NCCCCC(NS(=O)(=O)Cc3ccccc3)C(=O)N2)cc1. The van der Waals surface area contributed by atoms with Gasteiger partial charge in [0.05, 0.1) is 5.75 Å². The van der Waals surface area contributed by atoms with Gasteiger partial charge in [-0.25, -0.2) is 18.1 Å². The fraction of sp³-hybridized carbons (Fsp3) is 0.353. The Hall–Kier alpha value is -5.15. The summed E-state index contributed by atoms with van der Waals surface area (Å²) >= 11 is 0. The first-order chi connectivity index (χ1) is 23.5. The molecular weight excluding hydrogens is 648 g/mol. The molecule has 1 aromatic heterocycles. The van der Waals surface area contributed by atoms with E-state index < -0.39 is 45.7 Å². The molecule has 2 unspecified atom stereocenters. The number of nitrogens with two attached hydrogens (primary N) is 1. The Morgan fingerprint density at radius 2 is 1.43 bits per heavy atom. The molecule has 14 nitrogen and oxygen atoms in total. The second-order valence-electron chi connectivity index (χ2n) is 11.7.